The third-order valence-electron chi connectivity index (χ3n) is 5.44. The highest BCUT2D eigenvalue weighted by atomic mass is 16.5. The van der Waals surface area contributed by atoms with Crippen molar-refractivity contribution in [3.05, 3.63) is 41.1 Å². The molecule has 7 nitrogen and oxygen atoms in total. The summed E-state index contributed by atoms with van der Waals surface area (Å²) in [5.74, 6) is -0.362. The van der Waals surface area contributed by atoms with Crippen molar-refractivity contribution < 1.29 is 19.1 Å². The molecule has 156 valence electrons. The first kappa shape index (κ1) is 20.9. The normalized spacial score (nSPS) is 19.7. The van der Waals surface area contributed by atoms with Gasteiger partial charge in [0.15, 0.2) is 0 Å². The molecule has 1 aromatic carbocycles. The van der Waals surface area contributed by atoms with Crippen LogP contribution >= 0.6 is 0 Å². The fraction of sp³-hybridized carbons (Fsp3) is 0.500. The van der Waals surface area contributed by atoms with Crippen LogP contribution in [-0.4, -0.2) is 35.5 Å². The number of amides is 3. The van der Waals surface area contributed by atoms with Gasteiger partial charge < -0.3 is 15.4 Å². The van der Waals surface area contributed by atoms with E-state index in [0.717, 1.165) is 24.8 Å². The average molecular weight is 399 g/mol. The standard InChI is InChI=1S/C22H29N3O4/c1-5-25-14(4)18(21(27)29-13(2)3)19(24-22(25)28)16-10-7-11-17(12-16)23-20(26)15-8-6-9-15/h7,10-13,15,19H,5-6,8-9H2,1-4H3,(H,23,26)(H,24,28). The van der Waals surface area contributed by atoms with E-state index >= 15 is 0 Å². The van der Waals surface area contributed by atoms with Crippen LogP contribution in [0.4, 0.5) is 10.5 Å². The summed E-state index contributed by atoms with van der Waals surface area (Å²) < 4.78 is 5.44. The summed E-state index contributed by atoms with van der Waals surface area (Å²) in [6, 6.07) is 6.36. The number of hydrogen-bond donors (Lipinski definition) is 2. The minimum absolute atomic E-state index is 0.0180. The molecular weight excluding hydrogens is 370 g/mol. The first-order chi connectivity index (χ1) is 13.8. The number of rotatable bonds is 6. The number of allylic oxidation sites excluding steroid dienone is 1. The number of benzene rings is 1. The number of urea groups is 1. The molecule has 3 rings (SSSR count). The molecular formula is C22H29N3O4. The van der Waals surface area contributed by atoms with E-state index in [9.17, 15) is 14.4 Å². The molecule has 2 N–H and O–H groups in total. The fourth-order valence-electron chi connectivity index (χ4n) is 3.66. The molecule has 0 aromatic heterocycles. The largest absolute Gasteiger partial charge is 0.459 e. The van der Waals surface area contributed by atoms with Gasteiger partial charge in [0.2, 0.25) is 5.91 Å². The molecule has 1 atom stereocenters. The van der Waals surface area contributed by atoms with E-state index in [-0.39, 0.29) is 24.0 Å². The van der Waals surface area contributed by atoms with Gasteiger partial charge in [0.1, 0.15) is 0 Å². The van der Waals surface area contributed by atoms with Crippen molar-refractivity contribution in [3.8, 4) is 0 Å². The summed E-state index contributed by atoms with van der Waals surface area (Å²) in [5.41, 5.74) is 2.36. The molecule has 0 radical (unpaired) electrons. The third-order valence-corrected chi connectivity index (χ3v) is 5.44. The minimum Gasteiger partial charge on any atom is -0.459 e. The molecule has 0 saturated heterocycles. The molecule has 2 aliphatic rings. The Bertz CT molecular complexity index is 842. The van der Waals surface area contributed by atoms with Crippen LogP contribution in [0.25, 0.3) is 0 Å². The summed E-state index contributed by atoms with van der Waals surface area (Å²) in [4.78, 5) is 39.2. The SMILES string of the molecule is CCN1C(=O)NC(c2cccc(NC(=O)C3CCC3)c2)C(C(=O)OC(C)C)=C1C. The van der Waals surface area contributed by atoms with E-state index in [1.54, 1.807) is 26.8 Å². The van der Waals surface area contributed by atoms with Crippen LogP contribution in [0.5, 0.6) is 0 Å². The van der Waals surface area contributed by atoms with Crippen molar-refractivity contribution in [3.63, 3.8) is 0 Å². The fourth-order valence-corrected chi connectivity index (χ4v) is 3.66. The smallest absolute Gasteiger partial charge is 0.338 e. The Morgan fingerprint density at radius 1 is 1.31 bits per heavy atom. The molecule has 0 spiro atoms. The lowest BCUT2D eigenvalue weighted by Gasteiger charge is -2.35. The Balaban J connectivity index is 1.93. The van der Waals surface area contributed by atoms with Gasteiger partial charge in [-0.15, -0.1) is 0 Å². The summed E-state index contributed by atoms with van der Waals surface area (Å²) in [6.45, 7) is 7.64. The van der Waals surface area contributed by atoms with Crippen molar-refractivity contribution in [2.45, 2.75) is 59.1 Å². The molecule has 29 heavy (non-hydrogen) atoms. The van der Waals surface area contributed by atoms with Crippen LogP contribution < -0.4 is 10.6 Å². The highest BCUT2D eigenvalue weighted by molar-refractivity contribution is 5.96. The molecule has 1 heterocycles. The summed E-state index contributed by atoms with van der Waals surface area (Å²) >= 11 is 0. The predicted molar refractivity (Wildman–Crippen MR) is 110 cm³/mol. The summed E-state index contributed by atoms with van der Waals surface area (Å²) in [7, 11) is 0. The molecule has 1 saturated carbocycles. The van der Waals surface area contributed by atoms with E-state index in [1.807, 2.05) is 25.1 Å². The lowest BCUT2D eigenvalue weighted by Crippen LogP contribution is -2.48. The van der Waals surface area contributed by atoms with Crippen LogP contribution in [-0.2, 0) is 14.3 Å². The second kappa shape index (κ2) is 8.68. The molecule has 1 aliphatic carbocycles. The second-order valence-corrected chi connectivity index (χ2v) is 7.82. The maximum absolute atomic E-state index is 12.8. The zero-order valence-corrected chi connectivity index (χ0v) is 17.5. The number of carbonyl (C=O) groups is 3. The van der Waals surface area contributed by atoms with Crippen molar-refractivity contribution in [1.29, 1.82) is 0 Å². The maximum atomic E-state index is 12.8. The van der Waals surface area contributed by atoms with Crippen molar-refractivity contribution in [2.24, 2.45) is 5.92 Å². The van der Waals surface area contributed by atoms with E-state index in [1.165, 1.54) is 4.90 Å². The highest BCUT2D eigenvalue weighted by Gasteiger charge is 2.36. The summed E-state index contributed by atoms with van der Waals surface area (Å²) in [6.07, 6.45) is 2.66. The Kier molecular flexibility index (Phi) is 6.25. The third kappa shape index (κ3) is 4.44. The zero-order chi connectivity index (χ0) is 21.1. The lowest BCUT2D eigenvalue weighted by atomic mass is 9.85. The Morgan fingerprint density at radius 3 is 2.62 bits per heavy atom. The van der Waals surface area contributed by atoms with E-state index in [2.05, 4.69) is 10.6 Å². The minimum atomic E-state index is -0.642. The van der Waals surface area contributed by atoms with Gasteiger partial charge >= 0.3 is 12.0 Å². The monoisotopic (exact) mass is 399 g/mol. The zero-order valence-electron chi connectivity index (χ0n) is 17.5. The van der Waals surface area contributed by atoms with Crippen LogP contribution in [0.15, 0.2) is 35.5 Å². The van der Waals surface area contributed by atoms with Gasteiger partial charge in [-0.2, -0.15) is 0 Å². The average Bonchev–Trinajstić information content (AvgIpc) is 2.59. The number of esters is 1. The Labute approximate surface area is 171 Å². The van der Waals surface area contributed by atoms with Gasteiger partial charge in [-0.25, -0.2) is 9.59 Å². The van der Waals surface area contributed by atoms with Crippen molar-refractivity contribution in [1.82, 2.24) is 10.2 Å². The maximum Gasteiger partial charge on any atom is 0.338 e. The van der Waals surface area contributed by atoms with Gasteiger partial charge in [-0.05, 0) is 58.2 Å². The Hall–Kier alpha value is -2.83. The van der Waals surface area contributed by atoms with Gasteiger partial charge in [-0.1, -0.05) is 18.6 Å². The molecule has 7 heteroatoms. The predicted octanol–water partition coefficient (Wildman–Crippen LogP) is 3.74. The number of anilines is 1. The van der Waals surface area contributed by atoms with Gasteiger partial charge in [-0.3, -0.25) is 9.69 Å². The molecule has 3 amide bonds. The van der Waals surface area contributed by atoms with Crippen LogP contribution in [0.1, 0.15) is 58.6 Å². The van der Waals surface area contributed by atoms with Crippen molar-refractivity contribution >= 4 is 23.6 Å². The number of nitrogens with zero attached hydrogens (tertiary/aromatic N) is 1. The highest BCUT2D eigenvalue weighted by Crippen LogP contribution is 2.33. The van der Waals surface area contributed by atoms with Crippen LogP contribution in [0, 0.1) is 5.92 Å². The Morgan fingerprint density at radius 2 is 2.03 bits per heavy atom. The van der Waals surface area contributed by atoms with E-state index in [0.29, 0.717) is 23.5 Å². The second-order valence-electron chi connectivity index (χ2n) is 7.82. The van der Waals surface area contributed by atoms with Gasteiger partial charge in [0, 0.05) is 23.8 Å². The van der Waals surface area contributed by atoms with E-state index in [4.69, 9.17) is 4.74 Å². The van der Waals surface area contributed by atoms with E-state index < -0.39 is 12.0 Å². The molecule has 1 aliphatic heterocycles. The molecule has 1 fully saturated rings. The summed E-state index contributed by atoms with van der Waals surface area (Å²) in [5, 5.41) is 5.86. The number of nitrogens with one attached hydrogen (secondary N) is 2. The van der Waals surface area contributed by atoms with Gasteiger partial charge in [0.05, 0.1) is 17.7 Å². The molecule has 0 bridgehead atoms. The van der Waals surface area contributed by atoms with Gasteiger partial charge in [0.25, 0.3) is 0 Å². The molecule has 1 unspecified atom stereocenters. The quantitative estimate of drug-likeness (QED) is 0.714. The molecule has 1 aromatic rings. The van der Waals surface area contributed by atoms with Crippen molar-refractivity contribution in [2.75, 3.05) is 11.9 Å². The first-order valence-corrected chi connectivity index (χ1v) is 10.2. The number of hydrogen-bond acceptors (Lipinski definition) is 4. The number of carbonyl (C=O) groups excluding carboxylic acids is 3. The number of ether oxygens (including phenoxy) is 1. The van der Waals surface area contributed by atoms with Crippen LogP contribution in [0.2, 0.25) is 0 Å². The first-order valence-electron chi connectivity index (χ1n) is 10.2. The lowest BCUT2D eigenvalue weighted by molar-refractivity contribution is -0.143. The topological polar surface area (TPSA) is 87.7 Å². The van der Waals surface area contributed by atoms with Crippen LogP contribution in [0.3, 0.4) is 0 Å².